The molecule has 2 aliphatic rings. The van der Waals surface area contributed by atoms with Gasteiger partial charge >= 0.3 is 0 Å². The van der Waals surface area contributed by atoms with Gasteiger partial charge in [0.1, 0.15) is 0 Å². The summed E-state index contributed by atoms with van der Waals surface area (Å²) in [5.41, 5.74) is 4.53. The zero-order chi connectivity index (χ0) is 19.3. The highest BCUT2D eigenvalue weighted by molar-refractivity contribution is 5.25. The van der Waals surface area contributed by atoms with Gasteiger partial charge in [0.05, 0.1) is 18.4 Å². The third-order valence-electron chi connectivity index (χ3n) is 5.67. The van der Waals surface area contributed by atoms with Crippen molar-refractivity contribution in [1.29, 1.82) is 0 Å². The zero-order valence-corrected chi connectivity index (χ0v) is 16.3. The standard InChI is InChI=1S/C20H25N7O/c1-13-7-14(2)27(23-13)18-5-6-19(28)26(24-18)11-15-9-25(10-15)12-17-8-21-22-20(17)16-3-4-16/h5-8,15-16H,3-4,9-12H2,1-2H3,(H,21,22). The van der Waals surface area contributed by atoms with Crippen LogP contribution in [0.1, 0.15) is 41.4 Å². The Morgan fingerprint density at radius 2 is 2.00 bits per heavy atom. The van der Waals surface area contributed by atoms with Crippen LogP contribution in [0.5, 0.6) is 0 Å². The monoisotopic (exact) mass is 379 g/mol. The molecule has 8 heteroatoms. The average Bonchev–Trinajstić information content (AvgIpc) is 3.28. The van der Waals surface area contributed by atoms with Gasteiger partial charge in [0, 0.05) is 54.5 Å². The lowest BCUT2D eigenvalue weighted by atomic mass is 9.99. The quantitative estimate of drug-likeness (QED) is 0.706. The molecule has 28 heavy (non-hydrogen) atoms. The first kappa shape index (κ1) is 17.4. The molecule has 0 spiro atoms. The summed E-state index contributed by atoms with van der Waals surface area (Å²) in [6.07, 6.45) is 4.51. The van der Waals surface area contributed by atoms with Crippen LogP contribution >= 0.6 is 0 Å². The van der Waals surface area contributed by atoms with Crippen LogP contribution in [0.25, 0.3) is 5.82 Å². The first-order valence-corrected chi connectivity index (χ1v) is 9.93. The molecular weight excluding hydrogens is 354 g/mol. The van der Waals surface area contributed by atoms with Crippen LogP contribution in [0.4, 0.5) is 0 Å². The van der Waals surface area contributed by atoms with Gasteiger partial charge in [0.2, 0.25) is 0 Å². The van der Waals surface area contributed by atoms with Crippen molar-refractivity contribution < 1.29 is 0 Å². The molecule has 1 N–H and O–H groups in total. The van der Waals surface area contributed by atoms with Crippen molar-refractivity contribution in [2.75, 3.05) is 13.1 Å². The Kier molecular flexibility index (Phi) is 4.16. The molecule has 5 rings (SSSR count). The van der Waals surface area contributed by atoms with Crippen LogP contribution in [-0.2, 0) is 13.1 Å². The van der Waals surface area contributed by atoms with Crippen molar-refractivity contribution in [2.24, 2.45) is 5.92 Å². The number of nitrogens with zero attached hydrogens (tertiary/aromatic N) is 6. The van der Waals surface area contributed by atoms with Crippen LogP contribution in [0, 0.1) is 19.8 Å². The molecule has 0 unspecified atom stereocenters. The number of hydrogen-bond acceptors (Lipinski definition) is 5. The lowest BCUT2D eigenvalue weighted by molar-refractivity contribution is 0.0763. The van der Waals surface area contributed by atoms with Crippen molar-refractivity contribution >= 4 is 0 Å². The molecule has 146 valence electrons. The molecule has 1 saturated heterocycles. The Bertz CT molecular complexity index is 1050. The summed E-state index contributed by atoms with van der Waals surface area (Å²) in [4.78, 5) is 14.7. The maximum atomic E-state index is 12.3. The summed E-state index contributed by atoms with van der Waals surface area (Å²) < 4.78 is 3.37. The largest absolute Gasteiger partial charge is 0.298 e. The second-order valence-electron chi connectivity index (χ2n) is 8.19. The van der Waals surface area contributed by atoms with E-state index in [1.165, 1.54) is 24.1 Å². The summed E-state index contributed by atoms with van der Waals surface area (Å²) in [6.45, 7) is 7.49. The van der Waals surface area contributed by atoms with Crippen molar-refractivity contribution in [2.45, 2.75) is 45.7 Å². The van der Waals surface area contributed by atoms with Crippen LogP contribution in [-0.4, -0.2) is 47.7 Å². The van der Waals surface area contributed by atoms with Gasteiger partial charge in [-0.1, -0.05) is 0 Å². The molecule has 1 aliphatic carbocycles. The molecular formula is C20H25N7O. The lowest BCUT2D eigenvalue weighted by Gasteiger charge is -2.39. The highest BCUT2D eigenvalue weighted by atomic mass is 16.1. The number of nitrogens with one attached hydrogen (secondary N) is 1. The third-order valence-corrected chi connectivity index (χ3v) is 5.67. The molecule has 0 amide bonds. The average molecular weight is 379 g/mol. The maximum Gasteiger partial charge on any atom is 0.266 e. The van der Waals surface area contributed by atoms with Crippen LogP contribution in [0.2, 0.25) is 0 Å². The summed E-state index contributed by atoms with van der Waals surface area (Å²) in [6, 6.07) is 5.33. The van der Waals surface area contributed by atoms with E-state index in [-0.39, 0.29) is 5.56 Å². The zero-order valence-electron chi connectivity index (χ0n) is 16.3. The summed E-state index contributed by atoms with van der Waals surface area (Å²) in [5.74, 6) is 1.82. The number of rotatable bonds is 6. The number of hydrogen-bond donors (Lipinski definition) is 1. The van der Waals surface area contributed by atoms with Crippen molar-refractivity contribution in [3.8, 4) is 5.82 Å². The minimum absolute atomic E-state index is 0.0606. The van der Waals surface area contributed by atoms with E-state index >= 15 is 0 Å². The first-order chi connectivity index (χ1) is 13.6. The minimum Gasteiger partial charge on any atom is -0.298 e. The number of aromatic amines is 1. The molecule has 4 heterocycles. The highest BCUT2D eigenvalue weighted by Crippen LogP contribution is 2.40. The van der Waals surface area contributed by atoms with Gasteiger partial charge in [-0.25, -0.2) is 9.36 Å². The normalized spacial score (nSPS) is 17.8. The summed E-state index contributed by atoms with van der Waals surface area (Å²) >= 11 is 0. The van der Waals surface area contributed by atoms with Crippen LogP contribution in [0.3, 0.4) is 0 Å². The van der Waals surface area contributed by atoms with Gasteiger partial charge in [0.15, 0.2) is 5.82 Å². The molecule has 1 aliphatic heterocycles. The van der Waals surface area contributed by atoms with E-state index in [0.717, 1.165) is 31.0 Å². The number of aromatic nitrogens is 6. The summed E-state index contributed by atoms with van der Waals surface area (Å²) in [7, 11) is 0. The Morgan fingerprint density at radius 1 is 1.18 bits per heavy atom. The number of aryl methyl sites for hydroxylation is 2. The number of H-pyrrole nitrogens is 1. The maximum absolute atomic E-state index is 12.3. The van der Waals surface area contributed by atoms with E-state index in [4.69, 9.17) is 0 Å². The SMILES string of the molecule is Cc1cc(C)n(-c2ccc(=O)n(CC3CN(Cc4cn[nH]c4C4CC4)C3)n2)n1. The van der Waals surface area contributed by atoms with Gasteiger partial charge in [0.25, 0.3) is 5.56 Å². The third kappa shape index (κ3) is 3.28. The van der Waals surface area contributed by atoms with Gasteiger partial charge in [-0.3, -0.25) is 14.8 Å². The Labute approximate surface area is 163 Å². The minimum atomic E-state index is -0.0606. The fourth-order valence-corrected chi connectivity index (χ4v) is 4.12. The highest BCUT2D eigenvalue weighted by Gasteiger charge is 2.31. The van der Waals surface area contributed by atoms with Crippen LogP contribution in [0.15, 0.2) is 29.2 Å². The topological polar surface area (TPSA) is 84.6 Å². The van der Waals surface area contributed by atoms with E-state index < -0.39 is 0 Å². The van der Waals surface area contributed by atoms with E-state index in [0.29, 0.717) is 24.2 Å². The van der Waals surface area contributed by atoms with Crippen molar-refractivity contribution in [1.82, 2.24) is 34.7 Å². The predicted octanol–water partition coefficient (Wildman–Crippen LogP) is 1.78. The fourth-order valence-electron chi connectivity index (χ4n) is 4.12. The molecule has 0 atom stereocenters. The Balaban J connectivity index is 1.24. The first-order valence-electron chi connectivity index (χ1n) is 9.93. The predicted molar refractivity (Wildman–Crippen MR) is 104 cm³/mol. The second-order valence-corrected chi connectivity index (χ2v) is 8.19. The van der Waals surface area contributed by atoms with E-state index in [1.54, 1.807) is 21.5 Å². The molecule has 3 aromatic rings. The van der Waals surface area contributed by atoms with Gasteiger partial charge < -0.3 is 0 Å². The molecule has 0 bridgehead atoms. The fraction of sp³-hybridized carbons (Fsp3) is 0.500. The van der Waals surface area contributed by atoms with E-state index in [9.17, 15) is 4.79 Å². The smallest absolute Gasteiger partial charge is 0.266 e. The van der Waals surface area contributed by atoms with Crippen molar-refractivity contribution in [3.63, 3.8) is 0 Å². The van der Waals surface area contributed by atoms with E-state index in [1.807, 2.05) is 26.1 Å². The molecule has 0 radical (unpaired) electrons. The Hall–Kier alpha value is -2.74. The molecule has 2 fully saturated rings. The molecule has 0 aromatic carbocycles. The molecule has 8 nitrogen and oxygen atoms in total. The number of likely N-dealkylation sites (tertiary alicyclic amines) is 1. The van der Waals surface area contributed by atoms with Gasteiger partial charge in [-0.05, 0) is 38.8 Å². The second kappa shape index (κ2) is 6.70. The Morgan fingerprint density at radius 3 is 2.71 bits per heavy atom. The van der Waals surface area contributed by atoms with E-state index in [2.05, 4.69) is 25.3 Å². The van der Waals surface area contributed by atoms with Crippen molar-refractivity contribution in [3.05, 3.63) is 57.4 Å². The van der Waals surface area contributed by atoms with Gasteiger partial charge in [-0.15, -0.1) is 5.10 Å². The molecule has 1 saturated carbocycles. The summed E-state index contributed by atoms with van der Waals surface area (Å²) in [5, 5.41) is 16.4. The molecule has 3 aromatic heterocycles. The lowest BCUT2D eigenvalue weighted by Crippen LogP contribution is -2.49. The van der Waals surface area contributed by atoms with Gasteiger partial charge in [-0.2, -0.15) is 10.2 Å². The van der Waals surface area contributed by atoms with Crippen LogP contribution < -0.4 is 5.56 Å².